The second-order valence-corrected chi connectivity index (χ2v) is 7.59. The van der Waals surface area contributed by atoms with Gasteiger partial charge < -0.3 is 20.3 Å². The molecule has 0 radical (unpaired) electrons. The van der Waals surface area contributed by atoms with Gasteiger partial charge in [0.2, 0.25) is 11.0 Å². The van der Waals surface area contributed by atoms with Crippen LogP contribution in [0.3, 0.4) is 0 Å². The quantitative estimate of drug-likeness (QED) is 0.339. The number of nitrogens with zero attached hydrogens (tertiary/aromatic N) is 4. The maximum Gasteiger partial charge on any atom is 0.338 e. The van der Waals surface area contributed by atoms with E-state index in [-0.39, 0.29) is 11.8 Å². The summed E-state index contributed by atoms with van der Waals surface area (Å²) < 4.78 is 11.7. The summed E-state index contributed by atoms with van der Waals surface area (Å²) in [6.07, 6.45) is 1.52. The summed E-state index contributed by atoms with van der Waals surface area (Å²) in [5.41, 5.74) is 1.61. The molecule has 2 amide bonds. The fourth-order valence-electron chi connectivity index (χ4n) is 3.26. The molecule has 1 aliphatic heterocycles. The number of nitrogens with one attached hydrogen (secondary N) is 1. The molecule has 0 fully saturated rings. The molecule has 0 aliphatic carbocycles. The number of thioether (sulfide) groups is 1. The number of nitrogen functional groups attached to an aromatic ring is 1. The first-order valence-corrected chi connectivity index (χ1v) is 10.3. The van der Waals surface area contributed by atoms with E-state index in [1.165, 1.54) is 34.7 Å². The molecule has 1 aliphatic rings. The van der Waals surface area contributed by atoms with Crippen LogP contribution >= 0.6 is 11.8 Å². The lowest BCUT2D eigenvalue weighted by atomic mass is 9.95. The molecule has 0 saturated carbocycles. The van der Waals surface area contributed by atoms with Crippen LogP contribution in [-0.4, -0.2) is 51.7 Å². The van der Waals surface area contributed by atoms with Crippen molar-refractivity contribution in [3.05, 3.63) is 65.6 Å². The molecule has 11 heteroatoms. The number of carbonyl (C=O) groups is 2. The fraction of sp³-hybridized carbons (Fsp3) is 0.200. The molecule has 10 nitrogen and oxygen atoms in total. The molecule has 0 unspecified atom stereocenters. The van der Waals surface area contributed by atoms with Crippen LogP contribution in [0.4, 0.5) is 4.79 Å². The molecule has 3 heterocycles. The van der Waals surface area contributed by atoms with E-state index in [1.54, 1.807) is 19.2 Å². The van der Waals surface area contributed by atoms with Crippen molar-refractivity contribution in [2.75, 3.05) is 25.8 Å². The third-order valence-corrected chi connectivity index (χ3v) is 5.81. The third kappa shape index (κ3) is 3.87. The Morgan fingerprint density at radius 2 is 2.03 bits per heavy atom. The molecule has 0 spiro atoms. The minimum atomic E-state index is -0.637. The van der Waals surface area contributed by atoms with Crippen LogP contribution in [0.15, 0.2) is 69.6 Å². The van der Waals surface area contributed by atoms with Crippen molar-refractivity contribution >= 4 is 23.8 Å². The first-order valence-electron chi connectivity index (χ1n) is 9.29. The number of ether oxygens (including phenoxy) is 1. The van der Waals surface area contributed by atoms with Crippen LogP contribution in [0, 0.1) is 0 Å². The molecule has 0 saturated heterocycles. The maximum atomic E-state index is 12.7. The molecule has 31 heavy (non-hydrogen) atoms. The minimum Gasteiger partial charge on any atom is -0.466 e. The lowest BCUT2D eigenvalue weighted by molar-refractivity contribution is -0.136. The van der Waals surface area contributed by atoms with Gasteiger partial charge in [0.15, 0.2) is 5.76 Å². The van der Waals surface area contributed by atoms with Crippen molar-refractivity contribution in [1.82, 2.24) is 25.1 Å². The van der Waals surface area contributed by atoms with E-state index in [9.17, 15) is 9.59 Å². The molecule has 0 bridgehead atoms. The predicted octanol–water partition coefficient (Wildman–Crippen LogP) is 2.17. The Hall–Kier alpha value is -3.73. The zero-order chi connectivity index (χ0) is 22.0. The van der Waals surface area contributed by atoms with Crippen LogP contribution in [0.25, 0.3) is 11.6 Å². The summed E-state index contributed by atoms with van der Waals surface area (Å²) in [5.74, 6) is 6.68. The summed E-state index contributed by atoms with van der Waals surface area (Å²) in [6, 6.07) is 11.7. The largest absolute Gasteiger partial charge is 0.466 e. The van der Waals surface area contributed by atoms with Gasteiger partial charge in [-0.2, -0.15) is 0 Å². The molecule has 160 valence electrons. The average molecular weight is 440 g/mol. The van der Waals surface area contributed by atoms with Gasteiger partial charge in [-0.3, -0.25) is 4.90 Å². The monoisotopic (exact) mass is 440 g/mol. The highest BCUT2D eigenvalue weighted by molar-refractivity contribution is 7.99. The van der Waals surface area contributed by atoms with Gasteiger partial charge in [-0.05, 0) is 17.7 Å². The first-order chi connectivity index (χ1) is 15.0. The molecule has 2 aromatic heterocycles. The second kappa shape index (κ2) is 8.56. The van der Waals surface area contributed by atoms with E-state index in [0.29, 0.717) is 28.0 Å². The van der Waals surface area contributed by atoms with Gasteiger partial charge in [0.1, 0.15) is 0 Å². The normalized spacial score (nSPS) is 16.4. The number of hydrogen-bond donors (Lipinski definition) is 2. The van der Waals surface area contributed by atoms with Gasteiger partial charge in [0.05, 0.1) is 25.0 Å². The standard InChI is InChI=1S/C20H20N6O4S/c1-25-13(11-31-20-24-23-17(26(20)21)14-9-6-10-30-14)15(18(27)29-2)16(22-19(25)28)12-7-4-3-5-8-12/h3-10,16H,11,21H2,1-2H3,(H,22,28)/t16-/m0/s1. The first kappa shape index (κ1) is 20.5. The number of rotatable bonds is 6. The average Bonchev–Trinajstić information content (AvgIpc) is 3.44. The van der Waals surface area contributed by atoms with E-state index in [0.717, 1.165) is 5.56 Å². The number of carbonyl (C=O) groups excluding carboxylic acids is 2. The van der Waals surface area contributed by atoms with E-state index in [2.05, 4.69) is 15.5 Å². The zero-order valence-corrected chi connectivity index (χ0v) is 17.6. The number of urea groups is 1. The van der Waals surface area contributed by atoms with Crippen molar-refractivity contribution in [2.24, 2.45) is 0 Å². The Balaban J connectivity index is 1.68. The molecule has 1 atom stereocenters. The number of nitrogens with two attached hydrogens (primary N) is 1. The molecule has 3 N–H and O–H groups in total. The van der Waals surface area contributed by atoms with Crippen molar-refractivity contribution in [3.8, 4) is 11.6 Å². The number of hydrogen-bond acceptors (Lipinski definition) is 8. The van der Waals surface area contributed by atoms with Crippen molar-refractivity contribution in [1.29, 1.82) is 0 Å². The Kier molecular flexibility index (Phi) is 5.67. The summed E-state index contributed by atoms with van der Waals surface area (Å²) in [6.45, 7) is 0. The molecular weight excluding hydrogens is 420 g/mol. The van der Waals surface area contributed by atoms with Crippen molar-refractivity contribution in [2.45, 2.75) is 11.2 Å². The summed E-state index contributed by atoms with van der Waals surface area (Å²) in [4.78, 5) is 26.7. The number of aromatic nitrogens is 3. The molecular formula is C20H20N6O4S. The van der Waals surface area contributed by atoms with Gasteiger partial charge in [0.25, 0.3) is 0 Å². The molecule has 3 aromatic rings. The van der Waals surface area contributed by atoms with Crippen LogP contribution in [-0.2, 0) is 9.53 Å². The minimum absolute atomic E-state index is 0.241. The van der Waals surface area contributed by atoms with E-state index >= 15 is 0 Å². The SMILES string of the molecule is COC(=O)C1=C(CSc2nnc(-c3ccco3)n2N)N(C)C(=O)N[C@H]1c1ccccc1. The van der Waals surface area contributed by atoms with E-state index in [1.807, 2.05) is 30.3 Å². The zero-order valence-electron chi connectivity index (χ0n) is 16.8. The number of benzene rings is 1. The van der Waals surface area contributed by atoms with Crippen LogP contribution < -0.4 is 11.2 Å². The smallest absolute Gasteiger partial charge is 0.338 e. The summed E-state index contributed by atoms with van der Waals surface area (Å²) >= 11 is 1.24. The fourth-order valence-corrected chi connectivity index (χ4v) is 4.20. The molecule has 4 rings (SSSR count). The van der Waals surface area contributed by atoms with E-state index < -0.39 is 12.0 Å². The highest BCUT2D eigenvalue weighted by Gasteiger charge is 2.36. The Labute approximate surface area is 182 Å². The van der Waals surface area contributed by atoms with Gasteiger partial charge >= 0.3 is 12.0 Å². The topological polar surface area (TPSA) is 129 Å². The number of esters is 1. The lowest BCUT2D eigenvalue weighted by Crippen LogP contribution is -2.47. The number of amides is 2. The van der Waals surface area contributed by atoms with Crippen LogP contribution in [0.5, 0.6) is 0 Å². The summed E-state index contributed by atoms with van der Waals surface area (Å²) in [7, 11) is 2.90. The highest BCUT2D eigenvalue weighted by Crippen LogP contribution is 2.33. The Morgan fingerprint density at radius 3 is 2.71 bits per heavy atom. The Bertz CT molecular complexity index is 1130. The maximum absolute atomic E-state index is 12.7. The van der Waals surface area contributed by atoms with Crippen molar-refractivity contribution in [3.63, 3.8) is 0 Å². The third-order valence-electron chi connectivity index (χ3n) is 4.86. The van der Waals surface area contributed by atoms with Gasteiger partial charge in [0, 0.05) is 18.5 Å². The van der Waals surface area contributed by atoms with Gasteiger partial charge in [-0.25, -0.2) is 14.3 Å². The number of furan rings is 1. The Morgan fingerprint density at radius 1 is 1.26 bits per heavy atom. The second-order valence-electron chi connectivity index (χ2n) is 6.65. The number of methoxy groups -OCH3 is 1. The summed E-state index contributed by atoms with van der Waals surface area (Å²) in [5, 5.41) is 11.4. The highest BCUT2D eigenvalue weighted by atomic mass is 32.2. The van der Waals surface area contributed by atoms with Crippen molar-refractivity contribution < 1.29 is 18.7 Å². The predicted molar refractivity (Wildman–Crippen MR) is 113 cm³/mol. The molecule has 1 aromatic carbocycles. The van der Waals surface area contributed by atoms with E-state index in [4.69, 9.17) is 15.0 Å². The van der Waals surface area contributed by atoms with Crippen LogP contribution in [0.1, 0.15) is 11.6 Å². The van der Waals surface area contributed by atoms with Gasteiger partial charge in [-0.1, -0.05) is 42.1 Å². The van der Waals surface area contributed by atoms with Gasteiger partial charge in [-0.15, -0.1) is 10.2 Å². The van der Waals surface area contributed by atoms with Crippen LogP contribution in [0.2, 0.25) is 0 Å². The lowest BCUT2D eigenvalue weighted by Gasteiger charge is -2.34.